The van der Waals surface area contributed by atoms with Crippen molar-refractivity contribution in [1.29, 1.82) is 0 Å². The van der Waals surface area contributed by atoms with Crippen molar-refractivity contribution in [2.24, 2.45) is 5.92 Å². The van der Waals surface area contributed by atoms with Crippen molar-refractivity contribution < 1.29 is 14.7 Å². The van der Waals surface area contributed by atoms with Gasteiger partial charge >= 0.3 is 5.97 Å². The second-order valence-electron chi connectivity index (χ2n) is 7.86. The number of pyridine rings is 1. The number of amides is 1. The van der Waals surface area contributed by atoms with Crippen LogP contribution in [-0.2, 0) is 4.79 Å². The third-order valence-corrected chi connectivity index (χ3v) is 5.49. The van der Waals surface area contributed by atoms with Gasteiger partial charge < -0.3 is 10.4 Å². The average Bonchev–Trinajstić information content (AvgIpc) is 3.35. The monoisotopic (exact) mass is 392 g/mol. The van der Waals surface area contributed by atoms with Gasteiger partial charge in [0.2, 0.25) is 0 Å². The lowest BCUT2D eigenvalue weighted by Gasteiger charge is -2.14. The molecule has 2 N–H and O–H groups in total. The first kappa shape index (κ1) is 19.1. The zero-order valence-electron chi connectivity index (χ0n) is 16.5. The maximum Gasteiger partial charge on any atom is 0.306 e. The van der Waals surface area contributed by atoms with Gasteiger partial charge in [0.1, 0.15) is 0 Å². The molecule has 0 aliphatic heterocycles. The van der Waals surface area contributed by atoms with Crippen LogP contribution in [0.2, 0.25) is 0 Å². The van der Waals surface area contributed by atoms with Crippen LogP contribution in [0.1, 0.15) is 49.5 Å². The third-order valence-electron chi connectivity index (χ3n) is 5.49. The van der Waals surface area contributed by atoms with Crippen molar-refractivity contribution in [3.05, 3.63) is 48.2 Å². The minimum Gasteiger partial charge on any atom is -0.481 e. The molecule has 1 amide bonds. The second-order valence-corrected chi connectivity index (χ2v) is 7.86. The number of nitrogens with zero attached hydrogens (tertiary/aromatic N) is 3. The van der Waals surface area contributed by atoms with Crippen LogP contribution in [-0.4, -0.2) is 37.8 Å². The van der Waals surface area contributed by atoms with Gasteiger partial charge in [-0.1, -0.05) is 30.3 Å². The molecule has 0 saturated heterocycles. The highest BCUT2D eigenvalue weighted by Crippen LogP contribution is 2.28. The molecule has 1 aliphatic carbocycles. The molecule has 0 spiro atoms. The number of hydrogen-bond donors (Lipinski definition) is 2. The Morgan fingerprint density at radius 3 is 2.62 bits per heavy atom. The zero-order valence-corrected chi connectivity index (χ0v) is 16.5. The van der Waals surface area contributed by atoms with Crippen molar-refractivity contribution in [1.82, 2.24) is 20.1 Å². The Morgan fingerprint density at radius 1 is 1.21 bits per heavy atom. The highest BCUT2D eigenvalue weighted by atomic mass is 16.4. The van der Waals surface area contributed by atoms with Crippen LogP contribution in [0.25, 0.3) is 22.3 Å². The second kappa shape index (κ2) is 7.66. The number of fused-ring (bicyclic) bond motifs is 1. The first-order chi connectivity index (χ1) is 13.9. The van der Waals surface area contributed by atoms with E-state index in [0.717, 1.165) is 5.56 Å². The number of aromatic nitrogens is 3. The molecule has 150 valence electrons. The lowest BCUT2D eigenvalue weighted by Crippen LogP contribution is -2.33. The summed E-state index contributed by atoms with van der Waals surface area (Å²) in [5.74, 6) is -1.40. The number of benzene rings is 1. The van der Waals surface area contributed by atoms with Crippen LogP contribution in [0, 0.1) is 5.92 Å². The Morgan fingerprint density at radius 2 is 1.97 bits per heavy atom. The van der Waals surface area contributed by atoms with Crippen LogP contribution in [0.15, 0.2) is 42.6 Å². The number of hydrogen-bond acceptors (Lipinski definition) is 4. The number of carbonyl (C=O) groups is 2. The van der Waals surface area contributed by atoms with E-state index < -0.39 is 5.97 Å². The maximum atomic E-state index is 13.1. The number of nitrogens with one attached hydrogen (secondary N) is 1. The number of carbonyl (C=O) groups excluding carboxylic acids is 1. The summed E-state index contributed by atoms with van der Waals surface area (Å²) >= 11 is 0. The molecule has 1 saturated carbocycles. The van der Waals surface area contributed by atoms with Crippen molar-refractivity contribution in [3.63, 3.8) is 0 Å². The molecule has 4 rings (SSSR count). The van der Waals surface area contributed by atoms with Crippen molar-refractivity contribution in [3.8, 4) is 11.3 Å². The Bertz CT molecular complexity index is 1060. The first-order valence-corrected chi connectivity index (χ1v) is 9.91. The van der Waals surface area contributed by atoms with Crippen molar-refractivity contribution in [2.45, 2.75) is 45.2 Å². The fourth-order valence-electron chi connectivity index (χ4n) is 3.94. The van der Waals surface area contributed by atoms with Crippen LogP contribution in [0.4, 0.5) is 0 Å². The Balaban J connectivity index is 1.72. The molecule has 0 unspecified atom stereocenters. The van der Waals surface area contributed by atoms with Gasteiger partial charge in [-0.15, -0.1) is 0 Å². The van der Waals surface area contributed by atoms with Gasteiger partial charge in [-0.2, -0.15) is 5.10 Å². The highest BCUT2D eigenvalue weighted by molar-refractivity contribution is 6.06. The average molecular weight is 392 g/mol. The largest absolute Gasteiger partial charge is 0.481 e. The minimum atomic E-state index is -0.794. The first-order valence-electron chi connectivity index (χ1n) is 9.91. The molecule has 0 bridgehead atoms. The standard InChI is InChI=1S/C22H24N4O3/c1-13(2)26-20-18(12-23-26)17(11-19(25-20)14-6-4-3-5-7-14)21(27)24-16-9-8-15(10-16)22(28)29/h3-7,11-13,15-16H,8-10H2,1-2H3,(H,24,27)(H,28,29)/t15-,16+/m1/s1. The summed E-state index contributed by atoms with van der Waals surface area (Å²) in [4.78, 5) is 29.1. The number of aliphatic carboxylic acids is 1. The van der Waals surface area contributed by atoms with E-state index in [1.807, 2.05) is 48.9 Å². The molecule has 0 radical (unpaired) electrons. The third kappa shape index (κ3) is 3.72. The van der Waals surface area contributed by atoms with Crippen molar-refractivity contribution >= 4 is 22.9 Å². The molecule has 2 atom stereocenters. The van der Waals surface area contributed by atoms with Crippen molar-refractivity contribution in [2.75, 3.05) is 0 Å². The zero-order chi connectivity index (χ0) is 20.5. The molecule has 1 fully saturated rings. The van der Waals surface area contributed by atoms with E-state index in [-0.39, 0.29) is 23.9 Å². The van der Waals surface area contributed by atoms with E-state index >= 15 is 0 Å². The van der Waals surface area contributed by atoms with E-state index in [1.165, 1.54) is 0 Å². The summed E-state index contributed by atoms with van der Waals surface area (Å²) in [5, 5.41) is 17.4. The van der Waals surface area contributed by atoms with E-state index in [4.69, 9.17) is 4.98 Å². The predicted octanol–water partition coefficient (Wildman–Crippen LogP) is 3.66. The molecule has 1 aromatic carbocycles. The fraction of sp³-hybridized carbons (Fsp3) is 0.364. The van der Waals surface area contributed by atoms with Gasteiger partial charge in [-0.25, -0.2) is 9.67 Å². The topological polar surface area (TPSA) is 97.1 Å². The lowest BCUT2D eigenvalue weighted by molar-refractivity contribution is -0.141. The molecule has 7 heteroatoms. The number of carboxylic acids is 1. The molecule has 2 heterocycles. The van der Waals surface area contributed by atoms with E-state index in [1.54, 1.807) is 12.3 Å². The quantitative estimate of drug-likeness (QED) is 0.691. The van der Waals surface area contributed by atoms with E-state index in [2.05, 4.69) is 10.4 Å². The van der Waals surface area contributed by atoms with E-state index in [9.17, 15) is 14.7 Å². The molecule has 3 aromatic rings. The van der Waals surface area contributed by atoms with Gasteiger partial charge in [0.15, 0.2) is 5.65 Å². The minimum absolute atomic E-state index is 0.105. The van der Waals surface area contributed by atoms with E-state index in [0.29, 0.717) is 41.6 Å². The molecular weight excluding hydrogens is 368 g/mol. The summed E-state index contributed by atoms with van der Waals surface area (Å²) in [6.07, 6.45) is 3.41. The van der Waals surface area contributed by atoms with Gasteiger partial charge in [0.05, 0.1) is 28.8 Å². The summed E-state index contributed by atoms with van der Waals surface area (Å²) in [6.45, 7) is 4.04. The lowest BCUT2D eigenvalue weighted by atomic mass is 10.1. The van der Waals surface area contributed by atoms with Gasteiger partial charge in [-0.3, -0.25) is 9.59 Å². The van der Waals surface area contributed by atoms with Gasteiger partial charge in [0, 0.05) is 17.6 Å². The maximum absolute atomic E-state index is 13.1. The Labute approximate surface area is 168 Å². The normalized spacial score (nSPS) is 19.0. The Hall–Kier alpha value is -3.22. The molecule has 7 nitrogen and oxygen atoms in total. The smallest absolute Gasteiger partial charge is 0.306 e. The number of carboxylic acid groups (broad SMARTS) is 1. The Kier molecular flexibility index (Phi) is 5.05. The molecule has 2 aromatic heterocycles. The van der Waals surface area contributed by atoms with Gasteiger partial charge in [0.25, 0.3) is 5.91 Å². The predicted molar refractivity (Wildman–Crippen MR) is 110 cm³/mol. The molecular formula is C22H24N4O3. The number of rotatable bonds is 5. The SMILES string of the molecule is CC(C)n1ncc2c(C(=O)N[C@H]3CC[C@@H](C(=O)O)C3)cc(-c3ccccc3)nc21. The van der Waals surface area contributed by atoms with Crippen LogP contribution >= 0.6 is 0 Å². The summed E-state index contributed by atoms with van der Waals surface area (Å²) in [6, 6.07) is 11.5. The van der Waals surface area contributed by atoms with Crippen LogP contribution in [0.5, 0.6) is 0 Å². The summed E-state index contributed by atoms with van der Waals surface area (Å²) in [5.41, 5.74) is 2.81. The summed E-state index contributed by atoms with van der Waals surface area (Å²) in [7, 11) is 0. The summed E-state index contributed by atoms with van der Waals surface area (Å²) < 4.78 is 1.81. The van der Waals surface area contributed by atoms with Crippen LogP contribution in [0.3, 0.4) is 0 Å². The highest BCUT2D eigenvalue weighted by Gasteiger charge is 2.31. The van der Waals surface area contributed by atoms with Crippen LogP contribution < -0.4 is 5.32 Å². The molecule has 1 aliphatic rings. The molecule has 29 heavy (non-hydrogen) atoms. The fourth-order valence-corrected chi connectivity index (χ4v) is 3.94. The van der Waals surface area contributed by atoms with Gasteiger partial charge in [-0.05, 0) is 39.2 Å².